The average molecular weight is 330 g/mol. The molecule has 24 heavy (non-hydrogen) atoms. The summed E-state index contributed by atoms with van der Waals surface area (Å²) >= 11 is 0. The van der Waals surface area contributed by atoms with Crippen LogP contribution in [0.15, 0.2) is 6.07 Å². The van der Waals surface area contributed by atoms with Gasteiger partial charge in [-0.25, -0.2) is 4.98 Å². The molecule has 1 fully saturated rings. The SMILES string of the molecule is CCc1cc(N2CCCC(CCCOC)C2)n2nc(C)c(C)c2n1. The van der Waals surface area contributed by atoms with Crippen LogP contribution in [0.1, 0.15) is 49.6 Å². The molecule has 0 radical (unpaired) electrons. The van der Waals surface area contributed by atoms with Crippen LogP contribution in [0.2, 0.25) is 0 Å². The molecule has 5 nitrogen and oxygen atoms in total. The van der Waals surface area contributed by atoms with E-state index in [0.29, 0.717) is 0 Å². The van der Waals surface area contributed by atoms with Gasteiger partial charge in [-0.05, 0) is 51.9 Å². The molecule has 0 amide bonds. The van der Waals surface area contributed by atoms with E-state index in [1.165, 1.54) is 30.6 Å². The van der Waals surface area contributed by atoms with E-state index in [9.17, 15) is 0 Å². The first-order chi connectivity index (χ1) is 11.6. The zero-order valence-corrected chi connectivity index (χ0v) is 15.5. The molecule has 3 rings (SSSR count). The molecular weight excluding hydrogens is 300 g/mol. The molecule has 1 aliphatic heterocycles. The summed E-state index contributed by atoms with van der Waals surface area (Å²) in [4.78, 5) is 7.32. The summed E-state index contributed by atoms with van der Waals surface area (Å²) < 4.78 is 7.27. The summed E-state index contributed by atoms with van der Waals surface area (Å²) in [6.45, 7) is 9.46. The van der Waals surface area contributed by atoms with Gasteiger partial charge in [-0.3, -0.25) is 0 Å². The van der Waals surface area contributed by atoms with Gasteiger partial charge in [-0.15, -0.1) is 0 Å². The summed E-state index contributed by atoms with van der Waals surface area (Å²) in [6, 6.07) is 2.23. The minimum absolute atomic E-state index is 0.750. The van der Waals surface area contributed by atoms with E-state index in [0.717, 1.165) is 55.5 Å². The van der Waals surface area contributed by atoms with Gasteiger partial charge in [0.05, 0.1) is 5.69 Å². The Bertz CT molecular complexity index is 694. The Balaban J connectivity index is 1.88. The summed E-state index contributed by atoms with van der Waals surface area (Å²) in [6.07, 6.45) is 5.93. The van der Waals surface area contributed by atoms with Crippen molar-refractivity contribution in [3.05, 3.63) is 23.0 Å². The van der Waals surface area contributed by atoms with Crippen LogP contribution in [-0.2, 0) is 11.2 Å². The molecule has 0 N–H and O–H groups in total. The Hall–Kier alpha value is -1.62. The zero-order chi connectivity index (χ0) is 17.1. The first-order valence-electron chi connectivity index (χ1n) is 9.23. The first-order valence-corrected chi connectivity index (χ1v) is 9.23. The fraction of sp³-hybridized carbons (Fsp3) is 0.684. The third-order valence-corrected chi connectivity index (χ3v) is 5.26. The van der Waals surface area contributed by atoms with Crippen molar-refractivity contribution < 1.29 is 4.74 Å². The standard InChI is InChI=1S/C19H30N4O/c1-5-17-12-18(23-19(20-17)14(2)15(3)21-23)22-10-6-8-16(13-22)9-7-11-24-4/h12,16H,5-11,13H2,1-4H3. The average Bonchev–Trinajstić information content (AvgIpc) is 2.89. The molecule has 1 unspecified atom stereocenters. The number of methoxy groups -OCH3 is 1. The molecule has 2 aromatic heterocycles. The second-order valence-corrected chi connectivity index (χ2v) is 6.99. The van der Waals surface area contributed by atoms with E-state index in [-0.39, 0.29) is 0 Å². The molecule has 0 aromatic carbocycles. The molecule has 2 aromatic rings. The largest absolute Gasteiger partial charge is 0.385 e. The maximum atomic E-state index is 5.21. The van der Waals surface area contributed by atoms with E-state index >= 15 is 0 Å². The number of hydrogen-bond donors (Lipinski definition) is 0. The van der Waals surface area contributed by atoms with Crippen molar-refractivity contribution in [3.63, 3.8) is 0 Å². The van der Waals surface area contributed by atoms with Gasteiger partial charge < -0.3 is 9.64 Å². The van der Waals surface area contributed by atoms with Gasteiger partial charge in [-0.2, -0.15) is 9.61 Å². The summed E-state index contributed by atoms with van der Waals surface area (Å²) in [5, 5.41) is 4.76. The van der Waals surface area contributed by atoms with Crippen molar-refractivity contribution in [2.75, 3.05) is 31.7 Å². The smallest absolute Gasteiger partial charge is 0.160 e. The zero-order valence-electron chi connectivity index (χ0n) is 15.5. The number of hydrogen-bond acceptors (Lipinski definition) is 4. The maximum absolute atomic E-state index is 5.21. The van der Waals surface area contributed by atoms with Crippen molar-refractivity contribution in [2.24, 2.45) is 5.92 Å². The van der Waals surface area contributed by atoms with E-state index in [2.05, 4.69) is 36.3 Å². The van der Waals surface area contributed by atoms with Crippen LogP contribution in [0.5, 0.6) is 0 Å². The van der Waals surface area contributed by atoms with Crippen molar-refractivity contribution >= 4 is 11.5 Å². The Morgan fingerprint density at radius 3 is 2.92 bits per heavy atom. The van der Waals surface area contributed by atoms with E-state index in [1.807, 2.05) is 0 Å². The Kier molecular flexibility index (Phi) is 5.39. The Labute approximate surface area is 145 Å². The summed E-state index contributed by atoms with van der Waals surface area (Å²) in [5.41, 5.74) is 4.44. The van der Waals surface area contributed by atoms with Crippen LogP contribution in [0.3, 0.4) is 0 Å². The van der Waals surface area contributed by atoms with Crippen molar-refractivity contribution in [1.29, 1.82) is 0 Å². The highest BCUT2D eigenvalue weighted by molar-refractivity contribution is 5.57. The molecule has 132 valence electrons. The highest BCUT2D eigenvalue weighted by Gasteiger charge is 2.23. The second kappa shape index (κ2) is 7.51. The fourth-order valence-electron chi connectivity index (χ4n) is 3.69. The quantitative estimate of drug-likeness (QED) is 0.760. The number of aromatic nitrogens is 3. The molecule has 0 aliphatic carbocycles. The van der Waals surface area contributed by atoms with Crippen LogP contribution in [0.25, 0.3) is 5.65 Å². The third kappa shape index (κ3) is 3.41. The minimum atomic E-state index is 0.750. The normalized spacial score (nSPS) is 18.5. The molecule has 3 heterocycles. The van der Waals surface area contributed by atoms with Crippen molar-refractivity contribution in [3.8, 4) is 0 Å². The van der Waals surface area contributed by atoms with Gasteiger partial charge in [0, 0.05) is 44.1 Å². The number of fused-ring (bicyclic) bond motifs is 1. The maximum Gasteiger partial charge on any atom is 0.160 e. The number of piperidine rings is 1. The highest BCUT2D eigenvalue weighted by Crippen LogP contribution is 2.28. The number of rotatable bonds is 6. The van der Waals surface area contributed by atoms with Crippen LogP contribution in [0.4, 0.5) is 5.82 Å². The molecule has 5 heteroatoms. The monoisotopic (exact) mass is 330 g/mol. The fourth-order valence-corrected chi connectivity index (χ4v) is 3.69. The number of aryl methyl sites for hydroxylation is 3. The van der Waals surface area contributed by atoms with Gasteiger partial charge in [0.1, 0.15) is 5.82 Å². The van der Waals surface area contributed by atoms with Crippen LogP contribution >= 0.6 is 0 Å². The van der Waals surface area contributed by atoms with Crippen molar-refractivity contribution in [2.45, 2.75) is 52.9 Å². The van der Waals surface area contributed by atoms with Crippen molar-refractivity contribution in [1.82, 2.24) is 14.6 Å². The van der Waals surface area contributed by atoms with E-state index in [4.69, 9.17) is 14.8 Å². The van der Waals surface area contributed by atoms with E-state index in [1.54, 1.807) is 7.11 Å². The lowest BCUT2D eigenvalue weighted by molar-refractivity contribution is 0.184. The Morgan fingerprint density at radius 2 is 2.17 bits per heavy atom. The minimum Gasteiger partial charge on any atom is -0.385 e. The first kappa shape index (κ1) is 17.2. The second-order valence-electron chi connectivity index (χ2n) is 6.99. The molecule has 1 atom stereocenters. The molecule has 0 saturated carbocycles. The topological polar surface area (TPSA) is 42.7 Å². The summed E-state index contributed by atoms with van der Waals surface area (Å²) in [5.74, 6) is 1.96. The molecule has 1 aliphatic rings. The van der Waals surface area contributed by atoms with Crippen LogP contribution < -0.4 is 4.90 Å². The number of nitrogens with zero attached hydrogens (tertiary/aromatic N) is 4. The molecular formula is C19H30N4O. The molecule has 0 bridgehead atoms. The lowest BCUT2D eigenvalue weighted by atomic mass is 9.93. The highest BCUT2D eigenvalue weighted by atomic mass is 16.5. The lowest BCUT2D eigenvalue weighted by Crippen LogP contribution is -2.37. The Morgan fingerprint density at radius 1 is 1.33 bits per heavy atom. The number of anilines is 1. The van der Waals surface area contributed by atoms with E-state index < -0.39 is 0 Å². The predicted octanol–water partition coefficient (Wildman–Crippen LogP) is 3.55. The van der Waals surface area contributed by atoms with Gasteiger partial charge in [0.15, 0.2) is 5.65 Å². The molecule has 1 saturated heterocycles. The number of ether oxygens (including phenoxy) is 1. The van der Waals surface area contributed by atoms with Gasteiger partial charge in [0.2, 0.25) is 0 Å². The van der Waals surface area contributed by atoms with Crippen LogP contribution in [-0.4, -0.2) is 41.4 Å². The predicted molar refractivity (Wildman–Crippen MR) is 97.9 cm³/mol. The van der Waals surface area contributed by atoms with Crippen LogP contribution in [0, 0.1) is 19.8 Å². The van der Waals surface area contributed by atoms with Gasteiger partial charge in [0.25, 0.3) is 0 Å². The molecule has 0 spiro atoms. The lowest BCUT2D eigenvalue weighted by Gasteiger charge is -2.34. The van der Waals surface area contributed by atoms with Gasteiger partial charge >= 0.3 is 0 Å². The van der Waals surface area contributed by atoms with Gasteiger partial charge in [-0.1, -0.05) is 6.92 Å². The third-order valence-electron chi connectivity index (χ3n) is 5.26. The summed E-state index contributed by atoms with van der Waals surface area (Å²) in [7, 11) is 1.79.